The molecule has 0 saturated carbocycles. The van der Waals surface area contributed by atoms with Crippen molar-refractivity contribution in [1.29, 1.82) is 5.26 Å². The number of nitriles is 1. The molecule has 1 N–H and O–H groups in total. The molecule has 0 aromatic heterocycles. The average molecular weight is 322 g/mol. The van der Waals surface area contributed by atoms with Gasteiger partial charge in [-0.2, -0.15) is 10.7 Å². The van der Waals surface area contributed by atoms with Crippen molar-refractivity contribution in [2.45, 2.75) is 6.17 Å². The van der Waals surface area contributed by atoms with Gasteiger partial charge < -0.3 is 0 Å². The van der Waals surface area contributed by atoms with E-state index in [1.54, 1.807) is 11.1 Å². The summed E-state index contributed by atoms with van der Waals surface area (Å²) in [4.78, 5) is 8.54. The molecule has 21 heavy (non-hydrogen) atoms. The maximum absolute atomic E-state index is 14.0. The zero-order valence-corrected chi connectivity index (χ0v) is 12.4. The monoisotopic (exact) mass is 321 g/mol. The fourth-order valence-electron chi connectivity index (χ4n) is 2.09. The van der Waals surface area contributed by atoms with Crippen molar-refractivity contribution in [3.05, 3.63) is 46.4 Å². The van der Waals surface area contributed by atoms with Crippen molar-refractivity contribution >= 4 is 34.4 Å². The highest BCUT2D eigenvalue weighted by atomic mass is 35.5. The molecule has 1 atom stereocenters. The van der Waals surface area contributed by atoms with Crippen LogP contribution in [-0.4, -0.2) is 22.3 Å². The molecule has 106 valence electrons. The van der Waals surface area contributed by atoms with E-state index in [2.05, 4.69) is 15.4 Å². The summed E-state index contributed by atoms with van der Waals surface area (Å²) in [5.74, 6) is -0.0319. The largest absolute Gasteiger partial charge is 0.240 e. The summed E-state index contributed by atoms with van der Waals surface area (Å²) in [6, 6.07) is 6.49. The van der Waals surface area contributed by atoms with Gasteiger partial charge in [0.05, 0.1) is 11.2 Å². The van der Waals surface area contributed by atoms with Gasteiger partial charge in [-0.05, 0) is 18.4 Å². The van der Waals surface area contributed by atoms with E-state index < -0.39 is 12.0 Å². The lowest BCUT2D eigenvalue weighted by atomic mass is 10.1. The Morgan fingerprint density at radius 2 is 2.33 bits per heavy atom. The fraction of sp³-hybridized carbons (Fsp3) is 0.154. The minimum absolute atomic E-state index is 0.249. The standard InChI is InChI=1S/C13H9ClFN5S/c1-21-13-17-6-7(5-16)12-18-11(19-20(12)13)10-8(14)3-2-4-9(10)15/h2-4,6,11,19H,1H3/t11-/m0/s1. The maximum Gasteiger partial charge on any atom is 0.184 e. The number of benzene rings is 1. The molecule has 2 aliphatic rings. The van der Waals surface area contributed by atoms with Crippen molar-refractivity contribution < 1.29 is 4.39 Å². The van der Waals surface area contributed by atoms with Crippen LogP contribution in [0.3, 0.4) is 0 Å². The van der Waals surface area contributed by atoms with Gasteiger partial charge in [-0.3, -0.25) is 0 Å². The number of thioether (sulfide) groups is 1. The van der Waals surface area contributed by atoms with E-state index in [-0.39, 0.29) is 10.6 Å². The van der Waals surface area contributed by atoms with Gasteiger partial charge >= 0.3 is 0 Å². The predicted octanol–water partition coefficient (Wildman–Crippen LogP) is 2.84. The number of nitrogens with one attached hydrogen (secondary N) is 1. The van der Waals surface area contributed by atoms with Crippen molar-refractivity contribution in [1.82, 2.24) is 10.4 Å². The van der Waals surface area contributed by atoms with Crippen LogP contribution in [-0.2, 0) is 0 Å². The summed E-state index contributed by atoms with van der Waals surface area (Å²) in [7, 11) is 0. The summed E-state index contributed by atoms with van der Waals surface area (Å²) in [6.07, 6.45) is 2.61. The number of nitrogens with zero attached hydrogens (tertiary/aromatic N) is 4. The Balaban J connectivity index is 2.05. The lowest BCUT2D eigenvalue weighted by Crippen LogP contribution is -2.43. The number of rotatable bonds is 1. The van der Waals surface area contributed by atoms with Crippen LogP contribution in [0.15, 0.2) is 40.0 Å². The van der Waals surface area contributed by atoms with Crippen molar-refractivity contribution in [2.75, 3.05) is 6.26 Å². The van der Waals surface area contributed by atoms with E-state index in [0.29, 0.717) is 16.6 Å². The Kier molecular flexibility index (Phi) is 3.68. The van der Waals surface area contributed by atoms with Gasteiger partial charge in [-0.15, -0.1) is 0 Å². The third-order valence-corrected chi connectivity index (χ3v) is 4.01. The molecule has 3 rings (SSSR count). The van der Waals surface area contributed by atoms with E-state index >= 15 is 0 Å². The first-order valence-electron chi connectivity index (χ1n) is 5.96. The summed E-state index contributed by atoms with van der Waals surface area (Å²) in [5.41, 5.74) is 3.58. The number of halogens is 2. The number of fused-ring (bicyclic) bond motifs is 1. The Hall–Kier alpha value is -1.88. The molecule has 0 amide bonds. The fourth-order valence-corrected chi connectivity index (χ4v) is 2.83. The number of hydrogen-bond donors (Lipinski definition) is 1. The summed E-state index contributed by atoms with van der Waals surface area (Å²) in [5, 5.41) is 11.6. The predicted molar refractivity (Wildman–Crippen MR) is 81.2 cm³/mol. The van der Waals surface area contributed by atoms with Crippen molar-refractivity contribution in [3.8, 4) is 6.07 Å². The molecule has 0 saturated heterocycles. The summed E-state index contributed by atoms with van der Waals surface area (Å²) >= 11 is 7.46. The topological polar surface area (TPSA) is 63.8 Å². The van der Waals surface area contributed by atoms with Gasteiger partial charge in [0.25, 0.3) is 0 Å². The second-order valence-corrected chi connectivity index (χ2v) is 5.41. The molecule has 0 fully saturated rings. The second kappa shape index (κ2) is 5.48. The van der Waals surface area contributed by atoms with Crippen LogP contribution in [0.4, 0.5) is 4.39 Å². The first-order valence-corrected chi connectivity index (χ1v) is 7.56. The molecule has 2 aliphatic heterocycles. The van der Waals surface area contributed by atoms with E-state index in [9.17, 15) is 4.39 Å². The van der Waals surface area contributed by atoms with E-state index in [1.165, 1.54) is 30.1 Å². The van der Waals surface area contributed by atoms with Gasteiger partial charge in [0.2, 0.25) is 0 Å². The first-order chi connectivity index (χ1) is 10.2. The Morgan fingerprint density at radius 1 is 1.52 bits per heavy atom. The molecule has 8 heteroatoms. The van der Waals surface area contributed by atoms with E-state index in [0.717, 1.165) is 0 Å². The Bertz CT molecular complexity index is 716. The van der Waals surface area contributed by atoms with E-state index in [4.69, 9.17) is 16.9 Å². The number of hydrogen-bond acceptors (Lipinski definition) is 6. The SMILES string of the molecule is CSC1=NC=C(C#N)C2=N[C@H](c3c(F)cccc3Cl)NN12. The molecule has 1 aromatic rings. The number of hydrazine groups is 1. The molecule has 0 radical (unpaired) electrons. The van der Waals surface area contributed by atoms with Crippen molar-refractivity contribution in [3.63, 3.8) is 0 Å². The zero-order chi connectivity index (χ0) is 15.0. The zero-order valence-electron chi connectivity index (χ0n) is 10.8. The maximum atomic E-state index is 14.0. The van der Waals surface area contributed by atoms with Crippen LogP contribution in [0, 0.1) is 17.1 Å². The number of aliphatic imine (C=N–C) groups is 2. The first kappa shape index (κ1) is 14.1. The summed E-state index contributed by atoms with van der Waals surface area (Å²) in [6.45, 7) is 0. The molecular weight excluding hydrogens is 313 g/mol. The van der Waals surface area contributed by atoms with Crippen LogP contribution >= 0.6 is 23.4 Å². The van der Waals surface area contributed by atoms with Crippen LogP contribution in [0.2, 0.25) is 5.02 Å². The van der Waals surface area contributed by atoms with Crippen LogP contribution in [0.25, 0.3) is 0 Å². The smallest absolute Gasteiger partial charge is 0.184 e. The minimum atomic E-state index is -0.694. The highest BCUT2D eigenvalue weighted by Gasteiger charge is 2.35. The lowest BCUT2D eigenvalue weighted by Gasteiger charge is -2.23. The molecule has 0 unspecified atom stereocenters. The lowest BCUT2D eigenvalue weighted by molar-refractivity contribution is 0.413. The third-order valence-electron chi connectivity index (χ3n) is 3.03. The number of amidine groups is 2. The molecule has 5 nitrogen and oxygen atoms in total. The average Bonchev–Trinajstić information content (AvgIpc) is 2.90. The van der Waals surface area contributed by atoms with Gasteiger partial charge in [-0.25, -0.2) is 19.4 Å². The quantitative estimate of drug-likeness (QED) is 0.864. The minimum Gasteiger partial charge on any atom is -0.240 e. The van der Waals surface area contributed by atoms with Gasteiger partial charge in [-0.1, -0.05) is 29.4 Å². The van der Waals surface area contributed by atoms with Crippen LogP contribution in [0.5, 0.6) is 0 Å². The van der Waals surface area contributed by atoms with Crippen LogP contribution in [0.1, 0.15) is 11.7 Å². The second-order valence-electron chi connectivity index (χ2n) is 4.23. The molecule has 0 spiro atoms. The highest BCUT2D eigenvalue weighted by molar-refractivity contribution is 8.13. The van der Waals surface area contributed by atoms with Gasteiger partial charge in [0, 0.05) is 5.56 Å². The van der Waals surface area contributed by atoms with E-state index in [1.807, 2.05) is 12.3 Å². The molecule has 0 bridgehead atoms. The molecule has 0 aliphatic carbocycles. The molecule has 1 aromatic carbocycles. The Morgan fingerprint density at radius 3 is 3.00 bits per heavy atom. The highest BCUT2D eigenvalue weighted by Crippen LogP contribution is 2.32. The molecule has 2 heterocycles. The van der Waals surface area contributed by atoms with Crippen molar-refractivity contribution in [2.24, 2.45) is 9.98 Å². The van der Waals surface area contributed by atoms with Crippen LogP contribution < -0.4 is 5.43 Å². The normalized spacial score (nSPS) is 20.4. The summed E-state index contributed by atoms with van der Waals surface area (Å²) < 4.78 is 14.0. The third kappa shape index (κ3) is 2.31. The van der Waals surface area contributed by atoms with Gasteiger partial charge in [0.15, 0.2) is 11.0 Å². The van der Waals surface area contributed by atoms with Gasteiger partial charge in [0.1, 0.15) is 23.6 Å². The Labute approximate surface area is 129 Å². The molecular formula is C13H9ClFN5S.